The third kappa shape index (κ3) is 2.72. The Morgan fingerprint density at radius 2 is 2.44 bits per heavy atom. The normalized spacial score (nSPS) is 20.1. The van der Waals surface area contributed by atoms with Crippen molar-refractivity contribution < 1.29 is 9.53 Å². The Hall–Kier alpha value is -1.36. The lowest BCUT2D eigenvalue weighted by atomic mass is 9.97. The molecule has 1 aliphatic heterocycles. The van der Waals surface area contributed by atoms with Crippen molar-refractivity contribution in [3.05, 3.63) is 17.5 Å². The maximum absolute atomic E-state index is 12.1. The van der Waals surface area contributed by atoms with E-state index in [0.717, 1.165) is 37.1 Å². The third-order valence-electron chi connectivity index (χ3n) is 3.45. The molecule has 1 saturated heterocycles. The molecule has 1 aliphatic rings. The van der Waals surface area contributed by atoms with Gasteiger partial charge in [0, 0.05) is 13.2 Å². The van der Waals surface area contributed by atoms with E-state index >= 15 is 0 Å². The van der Waals surface area contributed by atoms with Crippen LogP contribution in [0.15, 0.2) is 6.20 Å². The lowest BCUT2D eigenvalue weighted by molar-refractivity contribution is -0.140. The third-order valence-corrected chi connectivity index (χ3v) is 3.45. The van der Waals surface area contributed by atoms with Crippen LogP contribution in [0.1, 0.15) is 43.5 Å². The smallest absolute Gasteiger partial charge is 0.249 e. The quantitative estimate of drug-likeness (QED) is 0.887. The number of carbonyl (C=O) groups excluding carboxylic acids is 1. The lowest BCUT2D eigenvalue weighted by Gasteiger charge is -2.35. The van der Waals surface area contributed by atoms with Crippen molar-refractivity contribution >= 4 is 5.91 Å². The largest absolute Gasteiger partial charge is 0.372 e. The molecule has 5 nitrogen and oxygen atoms in total. The van der Waals surface area contributed by atoms with Crippen molar-refractivity contribution in [3.8, 4) is 0 Å². The van der Waals surface area contributed by atoms with Crippen LogP contribution >= 0.6 is 0 Å². The average molecular weight is 251 g/mol. The van der Waals surface area contributed by atoms with Gasteiger partial charge in [-0.2, -0.15) is 5.10 Å². The molecule has 0 aromatic carbocycles. The highest BCUT2D eigenvalue weighted by Crippen LogP contribution is 2.31. The Bertz CT molecular complexity index is 403. The number of aryl methyl sites for hydroxylation is 1. The summed E-state index contributed by atoms with van der Waals surface area (Å²) in [4.78, 5) is 14.1. The second-order valence-electron chi connectivity index (χ2n) is 4.70. The first-order chi connectivity index (χ1) is 8.74. The van der Waals surface area contributed by atoms with Gasteiger partial charge in [-0.15, -0.1) is 0 Å². The summed E-state index contributed by atoms with van der Waals surface area (Å²) in [6.45, 7) is 5.50. The molecule has 0 unspecified atom stereocenters. The van der Waals surface area contributed by atoms with Crippen LogP contribution in [0.5, 0.6) is 0 Å². The fraction of sp³-hybridized carbons (Fsp3) is 0.692. The number of nitrogens with one attached hydrogen (secondary N) is 1. The van der Waals surface area contributed by atoms with Crippen molar-refractivity contribution in [2.45, 2.75) is 39.2 Å². The summed E-state index contributed by atoms with van der Waals surface area (Å²) in [6, 6.07) is 0.134. The number of H-pyrrole nitrogens is 1. The van der Waals surface area contributed by atoms with Crippen molar-refractivity contribution in [1.29, 1.82) is 0 Å². The SMILES string of the molecule is CCOCC(=O)N1CCCC[C@H]1c1[nH]ncc1C. The first kappa shape index (κ1) is 13.1. The number of nitrogens with zero attached hydrogens (tertiary/aromatic N) is 2. The zero-order valence-corrected chi connectivity index (χ0v) is 11.1. The molecule has 2 heterocycles. The molecule has 1 amide bonds. The Labute approximate surface area is 108 Å². The topological polar surface area (TPSA) is 58.2 Å². The fourth-order valence-electron chi connectivity index (χ4n) is 2.50. The Morgan fingerprint density at radius 3 is 3.11 bits per heavy atom. The standard InChI is InChI=1S/C13H21N3O2/c1-3-18-9-12(17)16-7-5-4-6-11(16)13-10(2)8-14-15-13/h8,11H,3-7,9H2,1-2H3,(H,14,15)/t11-/m0/s1. The van der Waals surface area contributed by atoms with Gasteiger partial charge in [0.2, 0.25) is 5.91 Å². The van der Waals surface area contributed by atoms with Crippen molar-refractivity contribution in [2.75, 3.05) is 19.8 Å². The van der Waals surface area contributed by atoms with Gasteiger partial charge in [-0.3, -0.25) is 9.89 Å². The van der Waals surface area contributed by atoms with E-state index in [1.54, 1.807) is 0 Å². The number of likely N-dealkylation sites (tertiary alicyclic amines) is 1. The highest BCUT2D eigenvalue weighted by molar-refractivity contribution is 5.78. The van der Waals surface area contributed by atoms with Gasteiger partial charge in [0.15, 0.2) is 0 Å². The van der Waals surface area contributed by atoms with E-state index in [1.165, 1.54) is 0 Å². The van der Waals surface area contributed by atoms with E-state index in [-0.39, 0.29) is 18.6 Å². The fourth-order valence-corrected chi connectivity index (χ4v) is 2.50. The van der Waals surface area contributed by atoms with Crippen LogP contribution in [-0.4, -0.2) is 40.8 Å². The Morgan fingerprint density at radius 1 is 1.61 bits per heavy atom. The molecule has 0 spiro atoms. The van der Waals surface area contributed by atoms with Gasteiger partial charge in [-0.1, -0.05) is 0 Å². The molecule has 1 fully saturated rings. The van der Waals surface area contributed by atoms with Crippen molar-refractivity contribution in [3.63, 3.8) is 0 Å². The van der Waals surface area contributed by atoms with Crippen LogP contribution in [-0.2, 0) is 9.53 Å². The number of hydrogen-bond donors (Lipinski definition) is 1. The molecule has 0 radical (unpaired) electrons. The summed E-state index contributed by atoms with van der Waals surface area (Å²) in [5.74, 6) is 0.0792. The number of carbonyl (C=O) groups is 1. The molecule has 1 N–H and O–H groups in total. The number of amides is 1. The average Bonchev–Trinajstić information content (AvgIpc) is 2.82. The number of rotatable bonds is 4. The first-order valence-corrected chi connectivity index (χ1v) is 6.61. The van der Waals surface area contributed by atoms with Crippen LogP contribution < -0.4 is 0 Å². The van der Waals surface area contributed by atoms with E-state index in [2.05, 4.69) is 10.2 Å². The molecule has 2 rings (SSSR count). The lowest BCUT2D eigenvalue weighted by Crippen LogP contribution is -2.40. The first-order valence-electron chi connectivity index (χ1n) is 6.61. The monoisotopic (exact) mass is 251 g/mol. The van der Waals surface area contributed by atoms with Crippen LogP contribution in [0, 0.1) is 6.92 Å². The molecule has 5 heteroatoms. The minimum Gasteiger partial charge on any atom is -0.372 e. The maximum atomic E-state index is 12.1. The van der Waals surface area contributed by atoms with Crippen LogP contribution in [0.3, 0.4) is 0 Å². The number of hydrogen-bond acceptors (Lipinski definition) is 3. The Balaban J connectivity index is 2.11. The molecule has 1 aromatic rings. The second-order valence-corrected chi connectivity index (χ2v) is 4.70. The van der Waals surface area contributed by atoms with Gasteiger partial charge < -0.3 is 9.64 Å². The van der Waals surface area contributed by atoms with E-state index in [4.69, 9.17) is 4.74 Å². The zero-order chi connectivity index (χ0) is 13.0. The van der Waals surface area contributed by atoms with Crippen LogP contribution in [0.4, 0.5) is 0 Å². The maximum Gasteiger partial charge on any atom is 0.249 e. The summed E-state index contributed by atoms with van der Waals surface area (Å²) in [5, 5.41) is 7.09. The van der Waals surface area contributed by atoms with Crippen LogP contribution in [0.25, 0.3) is 0 Å². The van der Waals surface area contributed by atoms with Gasteiger partial charge in [0.05, 0.1) is 17.9 Å². The van der Waals surface area contributed by atoms with E-state index < -0.39 is 0 Å². The zero-order valence-electron chi connectivity index (χ0n) is 11.1. The second kappa shape index (κ2) is 6.00. The summed E-state index contributed by atoms with van der Waals surface area (Å²) < 4.78 is 5.23. The van der Waals surface area contributed by atoms with Gasteiger partial charge >= 0.3 is 0 Å². The summed E-state index contributed by atoms with van der Waals surface area (Å²) in [7, 11) is 0. The van der Waals surface area contributed by atoms with Gasteiger partial charge in [0.25, 0.3) is 0 Å². The highest BCUT2D eigenvalue weighted by Gasteiger charge is 2.29. The highest BCUT2D eigenvalue weighted by atomic mass is 16.5. The van der Waals surface area contributed by atoms with Crippen molar-refractivity contribution in [1.82, 2.24) is 15.1 Å². The van der Waals surface area contributed by atoms with Gasteiger partial charge in [0.1, 0.15) is 6.61 Å². The molecule has 1 aromatic heterocycles. The molecular formula is C13H21N3O2. The van der Waals surface area contributed by atoms with Crippen molar-refractivity contribution in [2.24, 2.45) is 0 Å². The van der Waals surface area contributed by atoms with E-state index in [9.17, 15) is 4.79 Å². The van der Waals surface area contributed by atoms with Gasteiger partial charge in [-0.05, 0) is 38.7 Å². The molecular weight excluding hydrogens is 230 g/mol. The Kier molecular flexibility index (Phi) is 4.36. The predicted octanol–water partition coefficient (Wildman–Crippen LogP) is 1.81. The summed E-state index contributed by atoms with van der Waals surface area (Å²) >= 11 is 0. The van der Waals surface area contributed by atoms with Gasteiger partial charge in [-0.25, -0.2) is 0 Å². The molecule has 1 atom stereocenters. The minimum absolute atomic E-state index is 0.0792. The molecule has 0 bridgehead atoms. The van der Waals surface area contributed by atoms with E-state index in [1.807, 2.05) is 24.9 Å². The predicted molar refractivity (Wildman–Crippen MR) is 68.1 cm³/mol. The minimum atomic E-state index is 0.0792. The number of piperidine rings is 1. The molecule has 0 aliphatic carbocycles. The number of ether oxygens (including phenoxy) is 1. The van der Waals surface area contributed by atoms with E-state index in [0.29, 0.717) is 6.61 Å². The number of aromatic amines is 1. The molecule has 18 heavy (non-hydrogen) atoms. The number of aromatic nitrogens is 2. The summed E-state index contributed by atoms with van der Waals surface area (Å²) in [5.41, 5.74) is 2.19. The summed E-state index contributed by atoms with van der Waals surface area (Å²) in [6.07, 6.45) is 5.04. The molecule has 100 valence electrons. The molecule has 0 saturated carbocycles. The van der Waals surface area contributed by atoms with Crippen LogP contribution in [0.2, 0.25) is 0 Å².